The quantitative estimate of drug-likeness (QED) is 0.0146. The smallest absolute Gasteiger partial charge is 0.408 e. The Labute approximate surface area is 469 Å². The van der Waals surface area contributed by atoms with Gasteiger partial charge in [-0.3, -0.25) is 14.4 Å². The van der Waals surface area contributed by atoms with Crippen LogP contribution in [0.2, 0.25) is 0 Å². The summed E-state index contributed by atoms with van der Waals surface area (Å²) in [6.45, 7) is 8.59. The average molecular weight is 1140 g/mol. The van der Waals surface area contributed by atoms with Crippen molar-refractivity contribution in [1.29, 1.82) is 0 Å². The molecule has 4 N–H and O–H groups in total. The molecule has 0 radical (unpaired) electrons. The number of hydrogen-bond donors (Lipinski definition) is 4. The molecule has 0 aliphatic heterocycles. The predicted molar refractivity (Wildman–Crippen MR) is 293 cm³/mol. The molecule has 0 heterocycles. The number of amides is 5. The van der Waals surface area contributed by atoms with Crippen LogP contribution in [0.3, 0.4) is 0 Å². The normalized spacial score (nSPS) is 13.6. The first kappa shape index (κ1) is 63.6. The number of rotatable bonds is 27. The minimum atomic E-state index is -1.95. The van der Waals surface area contributed by atoms with Crippen LogP contribution in [0.5, 0.6) is 5.75 Å². The van der Waals surface area contributed by atoms with Gasteiger partial charge in [0.15, 0.2) is 12.8 Å². The van der Waals surface area contributed by atoms with Gasteiger partial charge in [0.05, 0.1) is 13.2 Å². The number of benzene rings is 4. The lowest BCUT2D eigenvalue weighted by atomic mass is 10.0. The molecule has 0 spiro atoms. The summed E-state index contributed by atoms with van der Waals surface area (Å²) in [5, 5.41) is 10.4. The van der Waals surface area contributed by atoms with Gasteiger partial charge in [-0.15, -0.1) is 0 Å². The largest absolute Gasteiger partial charge is 0.468 e. The summed E-state index contributed by atoms with van der Waals surface area (Å²) in [6.07, 6.45) is -2.27. The van der Waals surface area contributed by atoms with E-state index in [-0.39, 0.29) is 44.5 Å². The molecule has 0 aromatic heterocycles. The first-order chi connectivity index (χ1) is 36.9. The van der Waals surface area contributed by atoms with Crippen molar-refractivity contribution in [2.24, 2.45) is 5.92 Å². The van der Waals surface area contributed by atoms with Crippen LogP contribution in [0.1, 0.15) is 70.2 Å². The van der Waals surface area contributed by atoms with Crippen molar-refractivity contribution < 1.29 is 66.7 Å². The zero-order chi connectivity index (χ0) is 57.4. The van der Waals surface area contributed by atoms with Crippen LogP contribution in [0.15, 0.2) is 121 Å². The summed E-state index contributed by atoms with van der Waals surface area (Å²) in [4.78, 5) is 99.5. The molecule has 4 aromatic carbocycles. The van der Waals surface area contributed by atoms with Gasteiger partial charge in [-0.05, 0) is 80.5 Å². The van der Waals surface area contributed by atoms with Gasteiger partial charge in [-0.2, -0.15) is 0 Å². The molecule has 78 heavy (non-hydrogen) atoms. The maximum Gasteiger partial charge on any atom is 0.408 e. The number of ether oxygens (including phenoxy) is 7. The summed E-state index contributed by atoms with van der Waals surface area (Å²) in [6, 6.07) is 26.9. The van der Waals surface area contributed by atoms with Crippen LogP contribution in [0.25, 0.3) is 6.08 Å². The van der Waals surface area contributed by atoms with E-state index >= 15 is 4.79 Å². The number of esters is 2. The van der Waals surface area contributed by atoms with E-state index in [0.29, 0.717) is 22.4 Å². The third-order valence-electron chi connectivity index (χ3n) is 10.9. The van der Waals surface area contributed by atoms with Gasteiger partial charge in [-0.25, -0.2) is 19.2 Å². The summed E-state index contributed by atoms with van der Waals surface area (Å²) in [5.74, 6) is -4.56. The van der Waals surface area contributed by atoms with Crippen molar-refractivity contribution in [1.82, 2.24) is 26.2 Å². The molecule has 4 aromatic rings. The highest BCUT2D eigenvalue weighted by molar-refractivity contribution is 6.67. The molecule has 22 heteroatoms. The van der Waals surface area contributed by atoms with Crippen LogP contribution >= 0.6 is 34.8 Å². The van der Waals surface area contributed by atoms with Gasteiger partial charge < -0.3 is 59.3 Å². The van der Waals surface area contributed by atoms with E-state index in [1.807, 2.05) is 19.9 Å². The zero-order valence-electron chi connectivity index (χ0n) is 44.8. The second kappa shape index (κ2) is 31.5. The monoisotopic (exact) mass is 1140 g/mol. The fraction of sp³-hybridized carbons (Fsp3) is 0.411. The maximum absolute atomic E-state index is 15.1. The first-order valence-electron chi connectivity index (χ1n) is 24.8. The van der Waals surface area contributed by atoms with E-state index in [4.69, 9.17) is 68.0 Å². The Hall–Kier alpha value is -6.90. The molecule has 0 unspecified atom stereocenters. The first-order valence-corrected chi connectivity index (χ1v) is 25.9. The summed E-state index contributed by atoms with van der Waals surface area (Å²) in [7, 11) is 2.69. The number of carbonyl (C=O) groups is 7. The van der Waals surface area contributed by atoms with Crippen molar-refractivity contribution >= 4 is 82.7 Å². The van der Waals surface area contributed by atoms with E-state index in [9.17, 15) is 28.8 Å². The van der Waals surface area contributed by atoms with Crippen LogP contribution < -0.4 is 26.0 Å². The Morgan fingerprint density at radius 3 is 1.78 bits per heavy atom. The SMILES string of the molecule is COCOc1ccc(/C=C(\C(=O)N[C@@H](CC(C)C)C(=O)N[C@H](Cc2ccccc2)C(=O)OCC(Cl)(Cl)Cl)N(C)C(=O)[C@@H](NC(=O)OCc2ccccc2)[C@@H](C)OC(=O)[C@H](COCc2ccccc2)NC(=O)OC(C)(C)C)cc1. The van der Waals surface area contributed by atoms with Crippen molar-refractivity contribution in [3.05, 3.63) is 143 Å². The minimum Gasteiger partial charge on any atom is -0.468 e. The number of carbonyl (C=O) groups excluding carboxylic acids is 7. The molecule has 5 atom stereocenters. The third kappa shape index (κ3) is 23.4. The Morgan fingerprint density at radius 1 is 0.654 bits per heavy atom. The Kier molecular flexibility index (Phi) is 25.7. The summed E-state index contributed by atoms with van der Waals surface area (Å²) < 4.78 is 36.5. The Morgan fingerprint density at radius 2 is 1.23 bits per heavy atom. The van der Waals surface area contributed by atoms with Gasteiger partial charge in [0.25, 0.3) is 11.8 Å². The van der Waals surface area contributed by atoms with Crippen LogP contribution in [0.4, 0.5) is 9.59 Å². The molecule has 0 saturated carbocycles. The second-order valence-corrected chi connectivity index (χ2v) is 21.7. The Bertz CT molecular complexity index is 2600. The number of hydrogen-bond acceptors (Lipinski definition) is 14. The fourth-order valence-electron chi connectivity index (χ4n) is 7.18. The molecule has 0 bridgehead atoms. The molecular weight excluding hydrogens is 1070 g/mol. The second-order valence-electron chi connectivity index (χ2n) is 19.2. The van der Waals surface area contributed by atoms with E-state index in [2.05, 4.69) is 21.3 Å². The van der Waals surface area contributed by atoms with Crippen LogP contribution in [-0.2, 0) is 72.0 Å². The number of halogens is 3. The van der Waals surface area contributed by atoms with Gasteiger partial charge in [-0.1, -0.05) is 152 Å². The van der Waals surface area contributed by atoms with E-state index < -0.39 is 94.7 Å². The molecule has 422 valence electrons. The topological polar surface area (TPSA) is 235 Å². The van der Waals surface area contributed by atoms with E-state index in [0.717, 1.165) is 10.5 Å². The lowest BCUT2D eigenvalue weighted by molar-refractivity contribution is -0.156. The summed E-state index contributed by atoms with van der Waals surface area (Å²) in [5.41, 5.74) is 1.09. The van der Waals surface area contributed by atoms with Crippen LogP contribution in [-0.4, -0.2) is 121 Å². The molecular formula is C56H68Cl3N5O14. The third-order valence-corrected chi connectivity index (χ3v) is 11.3. The summed E-state index contributed by atoms with van der Waals surface area (Å²) >= 11 is 17.6. The van der Waals surface area contributed by atoms with E-state index in [1.54, 1.807) is 130 Å². The fourth-order valence-corrected chi connectivity index (χ4v) is 7.35. The number of methoxy groups -OCH3 is 1. The van der Waals surface area contributed by atoms with Crippen molar-refractivity contribution in [3.8, 4) is 5.75 Å². The van der Waals surface area contributed by atoms with Crippen molar-refractivity contribution in [3.63, 3.8) is 0 Å². The number of likely N-dealkylation sites (N-methyl/N-ethyl adjacent to an activating group) is 1. The predicted octanol–water partition coefficient (Wildman–Crippen LogP) is 7.98. The molecule has 0 aliphatic rings. The standard InChI is InChI=1S/C56H68Cl3N5O14/c1-36(2)28-43(48(65)61-44(29-38-18-12-9-13-19-38)51(68)75-34-56(57,58)59)60-49(66)46(30-39-24-26-42(27-25-39)76-35-72-8)64(7)50(67)47(63-53(70)74-32-41-22-16-11-17-23-41)37(3)77-52(69)45(62-54(71)78-55(4,5)6)33-73-31-40-20-14-10-15-21-40/h9-27,30,36-37,43-45,47H,28-29,31-35H2,1-8H3,(H,60,66)(H,61,65)(H,62,71)(H,63,70)/b46-30+/t37-,43+,44-,45+,47+/m1/s1. The van der Waals surface area contributed by atoms with Crippen molar-refractivity contribution in [2.45, 2.75) is 107 Å². The van der Waals surface area contributed by atoms with Gasteiger partial charge in [0.1, 0.15) is 54.5 Å². The number of alkyl halides is 3. The Balaban J connectivity index is 1.74. The maximum atomic E-state index is 15.1. The van der Waals surface area contributed by atoms with Gasteiger partial charge >= 0.3 is 24.1 Å². The average Bonchev–Trinajstić information content (AvgIpc) is 3.40. The molecule has 5 amide bonds. The van der Waals surface area contributed by atoms with Gasteiger partial charge in [0, 0.05) is 20.6 Å². The molecule has 19 nitrogen and oxygen atoms in total. The van der Waals surface area contributed by atoms with E-state index in [1.165, 1.54) is 27.2 Å². The molecule has 0 aliphatic carbocycles. The highest BCUT2D eigenvalue weighted by Gasteiger charge is 2.38. The number of alkyl carbamates (subject to hydrolysis) is 2. The highest BCUT2D eigenvalue weighted by atomic mass is 35.6. The van der Waals surface area contributed by atoms with Crippen molar-refractivity contribution in [2.75, 3.05) is 34.2 Å². The molecule has 4 rings (SSSR count). The molecule has 0 fully saturated rings. The lowest BCUT2D eigenvalue weighted by Crippen LogP contribution is -2.57. The minimum absolute atomic E-state index is 0.0350. The van der Waals surface area contributed by atoms with Crippen LogP contribution in [0, 0.1) is 5.92 Å². The van der Waals surface area contributed by atoms with Gasteiger partial charge in [0.2, 0.25) is 9.70 Å². The lowest BCUT2D eigenvalue weighted by Gasteiger charge is -2.31. The molecule has 0 saturated heterocycles. The number of nitrogens with one attached hydrogen (secondary N) is 4. The zero-order valence-corrected chi connectivity index (χ0v) is 47.0. The number of nitrogens with zero attached hydrogens (tertiary/aromatic N) is 1. The highest BCUT2D eigenvalue weighted by Crippen LogP contribution is 2.26.